The van der Waals surface area contributed by atoms with E-state index in [0.29, 0.717) is 41.3 Å². The summed E-state index contributed by atoms with van der Waals surface area (Å²) in [6, 6.07) is 11.1. The van der Waals surface area contributed by atoms with Gasteiger partial charge in [-0.25, -0.2) is 8.42 Å². The van der Waals surface area contributed by atoms with Crippen molar-refractivity contribution >= 4 is 38.4 Å². The highest BCUT2D eigenvalue weighted by Crippen LogP contribution is 2.25. The first-order valence-electron chi connectivity index (χ1n) is 11.1. The van der Waals surface area contributed by atoms with Gasteiger partial charge in [0.25, 0.3) is 5.91 Å². The van der Waals surface area contributed by atoms with Crippen LogP contribution in [-0.4, -0.2) is 58.8 Å². The Balaban J connectivity index is 1.50. The molecular weight excluding hydrogens is 458 g/mol. The van der Waals surface area contributed by atoms with Gasteiger partial charge in [0.15, 0.2) is 5.78 Å². The molecule has 11 heteroatoms. The Morgan fingerprint density at radius 2 is 1.91 bits per heavy atom. The van der Waals surface area contributed by atoms with E-state index >= 15 is 0 Å². The molecule has 1 aliphatic heterocycles. The number of fused-ring (bicyclic) bond motifs is 1. The Morgan fingerprint density at radius 3 is 2.59 bits per heavy atom. The van der Waals surface area contributed by atoms with Crippen LogP contribution in [0.5, 0.6) is 0 Å². The van der Waals surface area contributed by atoms with E-state index in [1.807, 2.05) is 6.92 Å². The van der Waals surface area contributed by atoms with E-state index in [0.717, 1.165) is 17.7 Å². The van der Waals surface area contributed by atoms with E-state index < -0.39 is 22.0 Å². The summed E-state index contributed by atoms with van der Waals surface area (Å²) >= 11 is 0. The molecule has 1 N–H and O–H groups in total. The van der Waals surface area contributed by atoms with Gasteiger partial charge in [0.1, 0.15) is 11.0 Å². The van der Waals surface area contributed by atoms with Crippen LogP contribution in [0.3, 0.4) is 0 Å². The number of anilines is 1. The van der Waals surface area contributed by atoms with Crippen molar-refractivity contribution in [3.63, 3.8) is 0 Å². The number of ketones is 1. The van der Waals surface area contributed by atoms with Crippen molar-refractivity contribution in [2.45, 2.75) is 44.6 Å². The van der Waals surface area contributed by atoms with Crippen LogP contribution in [0.25, 0.3) is 11.0 Å². The van der Waals surface area contributed by atoms with Crippen LogP contribution >= 0.6 is 0 Å². The Labute approximate surface area is 197 Å². The SMILES string of the molecule is CC(=O)c1ccc(NC(=O)C(C)On2nnc3ccc(S(=O)(=O)N4CCCC(C)C4)cc32)cc1. The van der Waals surface area contributed by atoms with Gasteiger partial charge in [0.2, 0.25) is 16.1 Å². The predicted octanol–water partition coefficient (Wildman–Crippen LogP) is 2.51. The largest absolute Gasteiger partial charge is 0.382 e. The van der Waals surface area contributed by atoms with Gasteiger partial charge in [0, 0.05) is 24.3 Å². The van der Waals surface area contributed by atoms with Crippen LogP contribution in [0, 0.1) is 5.92 Å². The first-order chi connectivity index (χ1) is 16.1. The second-order valence-corrected chi connectivity index (χ2v) is 10.5. The zero-order valence-electron chi connectivity index (χ0n) is 19.3. The van der Waals surface area contributed by atoms with Crippen molar-refractivity contribution in [3.8, 4) is 0 Å². The van der Waals surface area contributed by atoms with Gasteiger partial charge in [-0.05, 0) is 80.3 Å². The number of rotatable bonds is 7. The van der Waals surface area contributed by atoms with Crippen LogP contribution in [0.15, 0.2) is 47.4 Å². The van der Waals surface area contributed by atoms with Crippen molar-refractivity contribution in [2.75, 3.05) is 18.4 Å². The van der Waals surface area contributed by atoms with Gasteiger partial charge < -0.3 is 10.2 Å². The van der Waals surface area contributed by atoms with Gasteiger partial charge >= 0.3 is 0 Å². The van der Waals surface area contributed by atoms with E-state index in [-0.39, 0.29) is 10.7 Å². The molecular formula is C23H27N5O5S. The van der Waals surface area contributed by atoms with E-state index in [1.165, 1.54) is 23.4 Å². The number of nitrogens with zero attached hydrogens (tertiary/aromatic N) is 4. The van der Waals surface area contributed by atoms with Crippen molar-refractivity contribution in [1.82, 2.24) is 19.5 Å². The molecule has 10 nitrogen and oxygen atoms in total. The zero-order valence-corrected chi connectivity index (χ0v) is 20.1. The van der Waals surface area contributed by atoms with Gasteiger partial charge in [0.05, 0.1) is 4.90 Å². The Bertz CT molecular complexity index is 1320. The fourth-order valence-corrected chi connectivity index (χ4v) is 5.48. The topological polar surface area (TPSA) is 123 Å². The molecule has 34 heavy (non-hydrogen) atoms. The Hall–Kier alpha value is -3.31. The molecule has 1 aliphatic rings. The summed E-state index contributed by atoms with van der Waals surface area (Å²) in [6.07, 6.45) is 0.881. The van der Waals surface area contributed by atoms with E-state index in [2.05, 4.69) is 15.6 Å². The van der Waals surface area contributed by atoms with E-state index in [1.54, 1.807) is 37.3 Å². The van der Waals surface area contributed by atoms with Crippen LogP contribution in [0.1, 0.15) is 44.0 Å². The number of carbonyl (C=O) groups excluding carboxylic acids is 2. The molecule has 1 fully saturated rings. The van der Waals surface area contributed by atoms with E-state index in [9.17, 15) is 18.0 Å². The molecule has 0 radical (unpaired) electrons. The van der Waals surface area contributed by atoms with Gasteiger partial charge in [-0.3, -0.25) is 9.59 Å². The summed E-state index contributed by atoms with van der Waals surface area (Å²) in [5, 5.41) is 10.6. The molecule has 0 saturated carbocycles. The van der Waals surface area contributed by atoms with Crippen molar-refractivity contribution < 1.29 is 22.8 Å². The van der Waals surface area contributed by atoms with Crippen molar-refractivity contribution in [3.05, 3.63) is 48.0 Å². The molecule has 0 spiro atoms. The highest BCUT2D eigenvalue weighted by Gasteiger charge is 2.29. The molecule has 1 saturated heterocycles. The summed E-state index contributed by atoms with van der Waals surface area (Å²) in [4.78, 5) is 30.8. The predicted molar refractivity (Wildman–Crippen MR) is 126 cm³/mol. The number of benzene rings is 2. The molecule has 2 heterocycles. The quantitative estimate of drug-likeness (QED) is 0.510. The lowest BCUT2D eigenvalue weighted by molar-refractivity contribution is -0.127. The number of amides is 1. The molecule has 0 aliphatic carbocycles. The van der Waals surface area contributed by atoms with E-state index in [4.69, 9.17) is 4.84 Å². The number of hydrogen-bond acceptors (Lipinski definition) is 7. The fraction of sp³-hybridized carbons (Fsp3) is 0.391. The normalized spacial score (nSPS) is 17.9. The van der Waals surface area contributed by atoms with Crippen LogP contribution < -0.4 is 10.2 Å². The monoisotopic (exact) mass is 485 g/mol. The number of aromatic nitrogens is 3. The average Bonchev–Trinajstić information content (AvgIpc) is 3.21. The molecule has 180 valence electrons. The number of Topliss-reactive ketones (excluding diaryl/α,β-unsaturated/α-hetero) is 1. The maximum absolute atomic E-state index is 13.2. The maximum Gasteiger partial charge on any atom is 0.267 e. The lowest BCUT2D eigenvalue weighted by Crippen LogP contribution is -2.39. The summed E-state index contributed by atoms with van der Waals surface area (Å²) in [7, 11) is -3.67. The Morgan fingerprint density at radius 1 is 1.18 bits per heavy atom. The molecule has 1 aromatic heterocycles. The third kappa shape index (κ3) is 4.95. The fourth-order valence-electron chi connectivity index (χ4n) is 3.86. The van der Waals surface area contributed by atoms with Crippen LogP contribution in [0.4, 0.5) is 5.69 Å². The van der Waals surface area contributed by atoms with Gasteiger partial charge in [-0.15, -0.1) is 5.10 Å². The van der Waals surface area contributed by atoms with Gasteiger partial charge in [-0.2, -0.15) is 4.31 Å². The highest BCUT2D eigenvalue weighted by atomic mass is 32.2. The van der Waals surface area contributed by atoms with Crippen LogP contribution in [-0.2, 0) is 14.8 Å². The molecule has 2 unspecified atom stereocenters. The number of piperidine rings is 1. The zero-order chi connectivity index (χ0) is 24.5. The summed E-state index contributed by atoms with van der Waals surface area (Å²) < 4.78 is 27.8. The minimum absolute atomic E-state index is 0.0659. The minimum atomic E-state index is -3.67. The maximum atomic E-state index is 13.2. The summed E-state index contributed by atoms with van der Waals surface area (Å²) in [5.41, 5.74) is 1.84. The second kappa shape index (κ2) is 9.51. The first-order valence-corrected chi connectivity index (χ1v) is 12.5. The number of hydrogen-bond donors (Lipinski definition) is 1. The smallest absolute Gasteiger partial charge is 0.267 e. The lowest BCUT2D eigenvalue weighted by Gasteiger charge is -2.30. The highest BCUT2D eigenvalue weighted by molar-refractivity contribution is 7.89. The first kappa shape index (κ1) is 23.8. The van der Waals surface area contributed by atoms with Gasteiger partial charge in [-0.1, -0.05) is 11.8 Å². The molecule has 4 rings (SSSR count). The third-order valence-corrected chi connectivity index (χ3v) is 7.69. The average molecular weight is 486 g/mol. The number of nitrogens with one attached hydrogen (secondary N) is 1. The Kier molecular flexibility index (Phi) is 6.67. The standard InChI is InChI=1S/C23H27N5O5S/c1-15-5-4-12-27(14-15)34(31,32)20-10-11-21-22(13-20)28(26-25-21)33-17(3)23(30)24-19-8-6-18(7-9-19)16(2)29/h6-11,13,15,17H,4-5,12,14H2,1-3H3,(H,24,30). The van der Waals surface area contributed by atoms with Crippen molar-refractivity contribution in [1.29, 1.82) is 0 Å². The number of carbonyl (C=O) groups is 2. The molecule has 3 aromatic rings. The third-order valence-electron chi connectivity index (χ3n) is 5.83. The van der Waals surface area contributed by atoms with Crippen LogP contribution in [0.2, 0.25) is 0 Å². The summed E-state index contributed by atoms with van der Waals surface area (Å²) in [5.74, 6) is -0.199. The molecule has 0 bridgehead atoms. The molecule has 2 atom stereocenters. The minimum Gasteiger partial charge on any atom is -0.382 e. The van der Waals surface area contributed by atoms with Crippen molar-refractivity contribution in [2.24, 2.45) is 5.92 Å². The molecule has 2 aromatic carbocycles. The lowest BCUT2D eigenvalue weighted by atomic mass is 10.0. The number of sulfonamides is 1. The second-order valence-electron chi connectivity index (χ2n) is 8.59. The molecule has 1 amide bonds. The summed E-state index contributed by atoms with van der Waals surface area (Å²) in [6.45, 7) is 6.03.